The van der Waals surface area contributed by atoms with Crippen molar-refractivity contribution in [3.63, 3.8) is 0 Å². The minimum Gasteiger partial charge on any atom is -0.353 e. The number of nitrogens with zero attached hydrogens (tertiary/aromatic N) is 1. The maximum absolute atomic E-state index is 11.8. The van der Waals surface area contributed by atoms with E-state index >= 15 is 0 Å². The smallest absolute Gasteiger partial charge is 0.226 e. The highest BCUT2D eigenvalue weighted by Crippen LogP contribution is 2.11. The SMILES string of the molecule is CCc1nc(CC(=O)NC2CCNCC2)cs1.Cl.Cl. The van der Waals surface area contributed by atoms with E-state index in [0.717, 1.165) is 43.1 Å². The predicted molar refractivity (Wildman–Crippen MR) is 83.7 cm³/mol. The highest BCUT2D eigenvalue weighted by Gasteiger charge is 2.16. The van der Waals surface area contributed by atoms with Crippen LogP contribution < -0.4 is 10.6 Å². The molecule has 1 amide bonds. The maximum Gasteiger partial charge on any atom is 0.226 e. The summed E-state index contributed by atoms with van der Waals surface area (Å²) in [5.74, 6) is 0.102. The summed E-state index contributed by atoms with van der Waals surface area (Å²) in [7, 11) is 0. The van der Waals surface area contributed by atoms with E-state index in [-0.39, 0.29) is 30.7 Å². The van der Waals surface area contributed by atoms with E-state index in [1.54, 1.807) is 11.3 Å². The normalized spacial score (nSPS) is 15.2. The summed E-state index contributed by atoms with van der Waals surface area (Å²) in [4.78, 5) is 16.2. The van der Waals surface area contributed by atoms with Gasteiger partial charge in [0.15, 0.2) is 0 Å². The fourth-order valence-corrected chi connectivity index (χ4v) is 2.75. The van der Waals surface area contributed by atoms with Crippen molar-refractivity contribution >= 4 is 42.1 Å². The van der Waals surface area contributed by atoms with Crippen LogP contribution in [0.25, 0.3) is 0 Å². The van der Waals surface area contributed by atoms with Crippen molar-refractivity contribution in [2.45, 2.75) is 38.6 Å². The number of halogens is 2. The van der Waals surface area contributed by atoms with E-state index < -0.39 is 0 Å². The molecule has 4 nitrogen and oxygen atoms in total. The number of nitrogens with one attached hydrogen (secondary N) is 2. The first-order chi connectivity index (χ1) is 8.28. The highest BCUT2D eigenvalue weighted by atomic mass is 35.5. The standard InChI is InChI=1S/C12H19N3OS.2ClH/c1-2-12-15-10(8-17-12)7-11(16)14-9-3-5-13-6-4-9;;/h8-9,13H,2-7H2,1H3,(H,14,16);2*1H. The molecule has 19 heavy (non-hydrogen) atoms. The van der Waals surface area contributed by atoms with Gasteiger partial charge in [-0.1, -0.05) is 6.92 Å². The Labute approximate surface area is 130 Å². The molecule has 0 bridgehead atoms. The van der Waals surface area contributed by atoms with Crippen molar-refractivity contribution in [1.82, 2.24) is 15.6 Å². The summed E-state index contributed by atoms with van der Waals surface area (Å²) < 4.78 is 0. The second-order valence-corrected chi connectivity index (χ2v) is 5.30. The van der Waals surface area contributed by atoms with Gasteiger partial charge in [-0.3, -0.25) is 4.79 Å². The zero-order valence-corrected chi connectivity index (χ0v) is 13.4. The number of hydrogen-bond acceptors (Lipinski definition) is 4. The monoisotopic (exact) mass is 325 g/mol. The van der Waals surface area contributed by atoms with Crippen LogP contribution in [0.3, 0.4) is 0 Å². The molecule has 0 saturated carbocycles. The van der Waals surface area contributed by atoms with E-state index in [1.165, 1.54) is 0 Å². The first-order valence-electron chi connectivity index (χ1n) is 6.21. The van der Waals surface area contributed by atoms with Crippen molar-refractivity contribution in [3.8, 4) is 0 Å². The molecule has 0 spiro atoms. The molecule has 2 N–H and O–H groups in total. The quantitative estimate of drug-likeness (QED) is 0.889. The largest absolute Gasteiger partial charge is 0.353 e. The predicted octanol–water partition coefficient (Wildman–Crippen LogP) is 1.96. The topological polar surface area (TPSA) is 54.0 Å². The van der Waals surface area contributed by atoms with Gasteiger partial charge in [0, 0.05) is 11.4 Å². The Balaban J connectivity index is 0.00000162. The third kappa shape index (κ3) is 6.08. The molecule has 0 radical (unpaired) electrons. The first-order valence-corrected chi connectivity index (χ1v) is 7.09. The average Bonchev–Trinajstić information content (AvgIpc) is 2.78. The molecule has 7 heteroatoms. The minimum atomic E-state index is 0. The number of amides is 1. The van der Waals surface area contributed by atoms with Crippen molar-refractivity contribution in [2.75, 3.05) is 13.1 Å². The first kappa shape index (κ1) is 18.6. The van der Waals surface area contributed by atoms with Gasteiger partial charge in [0.05, 0.1) is 17.1 Å². The summed E-state index contributed by atoms with van der Waals surface area (Å²) >= 11 is 1.64. The van der Waals surface area contributed by atoms with E-state index in [2.05, 4.69) is 22.5 Å². The second-order valence-electron chi connectivity index (χ2n) is 4.35. The zero-order valence-electron chi connectivity index (χ0n) is 11.0. The zero-order chi connectivity index (χ0) is 12.1. The van der Waals surface area contributed by atoms with Gasteiger partial charge in [0.2, 0.25) is 5.91 Å². The number of thiazole rings is 1. The van der Waals surface area contributed by atoms with Crippen LogP contribution in [-0.2, 0) is 17.6 Å². The van der Waals surface area contributed by atoms with Crippen molar-refractivity contribution in [2.24, 2.45) is 0 Å². The molecule has 110 valence electrons. The number of aryl methyl sites for hydroxylation is 1. The van der Waals surface area contributed by atoms with Gasteiger partial charge < -0.3 is 10.6 Å². The lowest BCUT2D eigenvalue weighted by Crippen LogP contribution is -2.43. The number of carbonyl (C=O) groups is 1. The van der Waals surface area contributed by atoms with Crippen LogP contribution in [0.2, 0.25) is 0 Å². The molecular formula is C12H21Cl2N3OS. The fraction of sp³-hybridized carbons (Fsp3) is 0.667. The Morgan fingerprint density at radius 1 is 1.47 bits per heavy atom. The number of rotatable bonds is 4. The molecule has 1 fully saturated rings. The molecule has 2 rings (SSSR count). The Morgan fingerprint density at radius 3 is 2.74 bits per heavy atom. The number of piperidine rings is 1. The number of aromatic nitrogens is 1. The molecule has 1 aromatic heterocycles. The van der Waals surface area contributed by atoms with Gasteiger partial charge in [0.25, 0.3) is 0 Å². The van der Waals surface area contributed by atoms with Gasteiger partial charge in [-0.25, -0.2) is 4.98 Å². The third-order valence-electron chi connectivity index (χ3n) is 2.95. The van der Waals surface area contributed by atoms with Gasteiger partial charge in [-0.2, -0.15) is 0 Å². The van der Waals surface area contributed by atoms with Crippen LogP contribution in [-0.4, -0.2) is 30.0 Å². The van der Waals surface area contributed by atoms with Crippen molar-refractivity contribution in [3.05, 3.63) is 16.1 Å². The Morgan fingerprint density at radius 2 is 2.16 bits per heavy atom. The highest BCUT2D eigenvalue weighted by molar-refractivity contribution is 7.09. The van der Waals surface area contributed by atoms with E-state index in [1.807, 2.05) is 5.38 Å². The number of hydrogen-bond donors (Lipinski definition) is 2. The van der Waals surface area contributed by atoms with Crippen molar-refractivity contribution in [1.29, 1.82) is 0 Å². The lowest BCUT2D eigenvalue weighted by molar-refractivity contribution is -0.121. The van der Waals surface area contributed by atoms with E-state index in [0.29, 0.717) is 12.5 Å². The summed E-state index contributed by atoms with van der Waals surface area (Å²) in [5, 5.41) is 9.46. The molecule has 1 aliphatic rings. The molecule has 1 aliphatic heterocycles. The molecule has 0 atom stereocenters. The van der Waals surface area contributed by atoms with Gasteiger partial charge in [-0.15, -0.1) is 36.2 Å². The number of carbonyl (C=O) groups excluding carboxylic acids is 1. The molecule has 0 aliphatic carbocycles. The summed E-state index contributed by atoms with van der Waals surface area (Å²) in [6, 6.07) is 0.341. The van der Waals surface area contributed by atoms with Crippen LogP contribution in [0, 0.1) is 0 Å². The summed E-state index contributed by atoms with van der Waals surface area (Å²) in [6.45, 7) is 4.08. The molecule has 0 unspecified atom stereocenters. The maximum atomic E-state index is 11.8. The molecule has 2 heterocycles. The Kier molecular flexibility index (Phi) is 9.35. The van der Waals surface area contributed by atoms with Crippen LogP contribution in [0.4, 0.5) is 0 Å². The van der Waals surface area contributed by atoms with Gasteiger partial charge >= 0.3 is 0 Å². The third-order valence-corrected chi connectivity index (χ3v) is 3.99. The average molecular weight is 326 g/mol. The Bertz CT molecular complexity index is 381. The van der Waals surface area contributed by atoms with Crippen molar-refractivity contribution < 1.29 is 4.79 Å². The molecular weight excluding hydrogens is 305 g/mol. The fourth-order valence-electron chi connectivity index (χ4n) is 2.00. The van der Waals surface area contributed by atoms with Crippen LogP contribution in [0.15, 0.2) is 5.38 Å². The summed E-state index contributed by atoms with van der Waals surface area (Å²) in [6.07, 6.45) is 3.42. The second kappa shape index (κ2) is 9.53. The van der Waals surface area contributed by atoms with Gasteiger partial charge in [-0.05, 0) is 32.4 Å². The lowest BCUT2D eigenvalue weighted by atomic mass is 10.1. The van der Waals surface area contributed by atoms with Gasteiger partial charge in [0.1, 0.15) is 0 Å². The van der Waals surface area contributed by atoms with E-state index in [4.69, 9.17) is 0 Å². The minimum absolute atomic E-state index is 0. The van der Waals surface area contributed by atoms with E-state index in [9.17, 15) is 4.79 Å². The molecule has 0 aromatic carbocycles. The van der Waals surface area contributed by atoms with Crippen LogP contribution >= 0.6 is 36.2 Å². The molecule has 1 saturated heterocycles. The lowest BCUT2D eigenvalue weighted by Gasteiger charge is -2.23. The van der Waals surface area contributed by atoms with Crippen LogP contribution in [0.5, 0.6) is 0 Å². The van der Waals surface area contributed by atoms with Crippen LogP contribution in [0.1, 0.15) is 30.5 Å². The molecule has 1 aromatic rings. The Hall–Kier alpha value is -0.360. The summed E-state index contributed by atoms with van der Waals surface area (Å²) in [5.41, 5.74) is 0.901.